The number of hydrogen-bond donors (Lipinski definition) is 2. The van der Waals surface area contributed by atoms with Crippen molar-refractivity contribution in [3.8, 4) is 0 Å². The molecule has 2 rings (SSSR count). The van der Waals surface area contributed by atoms with E-state index < -0.39 is 58.7 Å². The van der Waals surface area contributed by atoms with E-state index in [0.717, 1.165) is 17.5 Å². The zero-order valence-electron chi connectivity index (χ0n) is 30.1. The highest BCUT2D eigenvalue weighted by Crippen LogP contribution is 2.31. The molecule has 2 aromatic carbocycles. The van der Waals surface area contributed by atoms with Gasteiger partial charge in [-0.05, 0) is 104 Å². The first-order valence-electron chi connectivity index (χ1n) is 16.2. The van der Waals surface area contributed by atoms with Crippen molar-refractivity contribution in [3.63, 3.8) is 0 Å². The third-order valence-electron chi connectivity index (χ3n) is 7.06. The van der Waals surface area contributed by atoms with Crippen molar-refractivity contribution in [2.75, 3.05) is 12.0 Å². The second kappa shape index (κ2) is 17.0. The van der Waals surface area contributed by atoms with Crippen molar-refractivity contribution in [1.82, 2.24) is 15.5 Å². The minimum Gasteiger partial charge on any atom is -0.458 e. The minimum atomic E-state index is -1.13. The summed E-state index contributed by atoms with van der Waals surface area (Å²) in [5.41, 5.74) is 0.0662. The fraction of sp³-hybridized carbons (Fsp3) is 0.568. The number of aryl methyl sites for hydroxylation is 1. The molecule has 0 fully saturated rings. The number of hydrogen-bond acceptors (Lipinski definition) is 7. The van der Waals surface area contributed by atoms with Crippen LogP contribution < -0.4 is 10.6 Å². The Bertz CT molecular complexity index is 1330. The van der Waals surface area contributed by atoms with Gasteiger partial charge < -0.3 is 25.0 Å². The summed E-state index contributed by atoms with van der Waals surface area (Å²) in [6, 6.07) is 13.8. The fourth-order valence-corrected chi connectivity index (χ4v) is 5.45. The maximum Gasteiger partial charge on any atom is 0.408 e. The minimum absolute atomic E-state index is 0.197. The summed E-state index contributed by atoms with van der Waals surface area (Å²) in [6.45, 7) is 18.2. The molecule has 3 amide bonds. The third-order valence-corrected chi connectivity index (χ3v) is 7.70. The van der Waals surface area contributed by atoms with Crippen molar-refractivity contribution in [2.24, 2.45) is 0 Å². The number of rotatable bonds is 13. The van der Waals surface area contributed by atoms with Crippen molar-refractivity contribution < 1.29 is 28.7 Å². The van der Waals surface area contributed by atoms with Gasteiger partial charge in [-0.25, -0.2) is 9.59 Å². The SMILES string of the molecule is CCc1ccc(C(C(=O)NC(Cc2ccccc2)C(=O)OC(C)(C)C)N(C(=O)C(CCSC)NC(=O)OC(C)(C)C)C(C)(C)C)cc1. The average Bonchev–Trinajstić information content (AvgIpc) is 2.95. The molecule has 0 aliphatic heterocycles. The summed E-state index contributed by atoms with van der Waals surface area (Å²) in [6.07, 6.45) is 2.53. The zero-order chi connectivity index (χ0) is 35.6. The maximum absolute atomic E-state index is 14.6. The molecule has 3 unspecified atom stereocenters. The van der Waals surface area contributed by atoms with E-state index in [4.69, 9.17) is 9.47 Å². The van der Waals surface area contributed by atoms with Crippen molar-refractivity contribution >= 4 is 35.6 Å². The Morgan fingerprint density at radius 2 is 1.34 bits per heavy atom. The largest absolute Gasteiger partial charge is 0.458 e. The van der Waals surface area contributed by atoms with Crippen LogP contribution >= 0.6 is 11.8 Å². The predicted molar refractivity (Wildman–Crippen MR) is 189 cm³/mol. The number of esters is 1. The van der Waals surface area contributed by atoms with Gasteiger partial charge in [0.1, 0.15) is 29.3 Å². The molecule has 3 atom stereocenters. The summed E-state index contributed by atoms with van der Waals surface area (Å²) in [5.74, 6) is -0.962. The number of nitrogens with zero attached hydrogens (tertiary/aromatic N) is 1. The monoisotopic (exact) mass is 669 g/mol. The van der Waals surface area contributed by atoms with Crippen molar-refractivity contribution in [3.05, 3.63) is 71.3 Å². The number of carbonyl (C=O) groups excluding carboxylic acids is 4. The Labute approximate surface area is 285 Å². The van der Waals surface area contributed by atoms with Gasteiger partial charge >= 0.3 is 12.1 Å². The molecule has 0 bridgehead atoms. The molecule has 10 heteroatoms. The van der Waals surface area contributed by atoms with Crippen LogP contribution in [0.4, 0.5) is 4.79 Å². The standard InChI is InChI=1S/C37H55N3O6S/c1-12-25-18-20-27(21-19-25)30(31(41)38-29(33(43)45-36(5,6)7)24-26-16-14-13-15-17-26)40(35(2,3)4)32(42)28(22-23-47-11)39-34(44)46-37(8,9)10/h13-21,28-30H,12,22-24H2,1-11H3,(H,38,41)(H,39,44). The molecule has 0 aliphatic carbocycles. The molecule has 0 aliphatic rings. The number of nitrogens with one attached hydrogen (secondary N) is 2. The van der Waals surface area contributed by atoms with Gasteiger partial charge in [0.2, 0.25) is 11.8 Å². The molecule has 9 nitrogen and oxygen atoms in total. The first-order chi connectivity index (χ1) is 21.8. The van der Waals surface area contributed by atoms with Crippen LogP contribution in [0.1, 0.15) is 98.4 Å². The van der Waals surface area contributed by atoms with Gasteiger partial charge in [-0.15, -0.1) is 0 Å². The van der Waals surface area contributed by atoms with Crippen LogP contribution in [0.2, 0.25) is 0 Å². The Kier molecular flexibility index (Phi) is 14.4. The fourth-order valence-electron chi connectivity index (χ4n) is 4.98. The lowest BCUT2D eigenvalue weighted by atomic mass is 9.94. The normalized spacial score (nSPS) is 13.9. The highest BCUT2D eigenvalue weighted by atomic mass is 32.2. The van der Waals surface area contributed by atoms with E-state index in [-0.39, 0.29) is 6.42 Å². The Morgan fingerprint density at radius 1 is 0.766 bits per heavy atom. The molecule has 260 valence electrons. The van der Waals surface area contributed by atoms with E-state index in [1.54, 1.807) is 53.3 Å². The zero-order valence-corrected chi connectivity index (χ0v) is 30.9. The second-order valence-corrected chi connectivity index (χ2v) is 15.6. The predicted octanol–water partition coefficient (Wildman–Crippen LogP) is 6.63. The van der Waals surface area contributed by atoms with Crippen LogP contribution in [0.3, 0.4) is 0 Å². The first-order valence-corrected chi connectivity index (χ1v) is 17.6. The van der Waals surface area contributed by atoms with Crippen LogP contribution in [0.15, 0.2) is 54.6 Å². The van der Waals surface area contributed by atoms with Crippen LogP contribution in [-0.2, 0) is 36.7 Å². The van der Waals surface area contributed by atoms with Gasteiger partial charge in [0.05, 0.1) is 0 Å². The number of ether oxygens (including phenoxy) is 2. The summed E-state index contributed by atoms with van der Waals surface area (Å²) in [5, 5.41) is 5.72. The lowest BCUT2D eigenvalue weighted by Gasteiger charge is -2.43. The Hall–Kier alpha value is -3.53. The molecule has 47 heavy (non-hydrogen) atoms. The summed E-state index contributed by atoms with van der Waals surface area (Å²) >= 11 is 1.55. The van der Waals surface area contributed by atoms with Crippen molar-refractivity contribution in [1.29, 1.82) is 0 Å². The van der Waals surface area contributed by atoms with E-state index in [9.17, 15) is 19.2 Å². The molecule has 0 saturated heterocycles. The summed E-state index contributed by atoms with van der Waals surface area (Å²) in [4.78, 5) is 57.1. The van der Waals surface area contributed by atoms with Crippen LogP contribution in [-0.4, -0.2) is 69.6 Å². The number of carbonyl (C=O) groups is 4. The molecular formula is C37H55N3O6S. The third kappa shape index (κ3) is 13.2. The molecule has 0 heterocycles. The highest BCUT2D eigenvalue weighted by molar-refractivity contribution is 7.98. The number of amides is 3. The molecule has 2 aromatic rings. The quantitative estimate of drug-likeness (QED) is 0.230. The molecule has 0 saturated carbocycles. The van der Waals surface area contributed by atoms with Crippen LogP contribution in [0.25, 0.3) is 0 Å². The van der Waals surface area contributed by atoms with Crippen LogP contribution in [0.5, 0.6) is 0 Å². The van der Waals surface area contributed by atoms with Gasteiger partial charge in [-0.2, -0.15) is 11.8 Å². The lowest BCUT2D eigenvalue weighted by Crippen LogP contribution is -2.59. The van der Waals surface area contributed by atoms with Crippen molar-refractivity contribution in [2.45, 2.75) is 123 Å². The average molecular weight is 670 g/mol. The topological polar surface area (TPSA) is 114 Å². The smallest absolute Gasteiger partial charge is 0.408 e. The second-order valence-electron chi connectivity index (χ2n) is 14.6. The van der Waals surface area contributed by atoms with Gasteiger partial charge in [0, 0.05) is 12.0 Å². The number of benzene rings is 2. The van der Waals surface area contributed by atoms with E-state index in [2.05, 4.69) is 10.6 Å². The van der Waals surface area contributed by atoms with E-state index in [0.29, 0.717) is 17.7 Å². The number of alkyl carbamates (subject to hydrolysis) is 1. The van der Waals surface area contributed by atoms with E-state index in [1.807, 2.05) is 88.5 Å². The first kappa shape index (κ1) is 39.6. The molecule has 0 spiro atoms. The molecular weight excluding hydrogens is 614 g/mol. The van der Waals surface area contributed by atoms with Gasteiger partial charge in [0.15, 0.2) is 0 Å². The van der Waals surface area contributed by atoms with Gasteiger partial charge in [0.25, 0.3) is 0 Å². The molecule has 2 N–H and O–H groups in total. The van der Waals surface area contributed by atoms with Gasteiger partial charge in [-0.1, -0.05) is 61.5 Å². The summed E-state index contributed by atoms with van der Waals surface area (Å²) in [7, 11) is 0. The Balaban J connectivity index is 2.66. The van der Waals surface area contributed by atoms with E-state index >= 15 is 0 Å². The maximum atomic E-state index is 14.6. The highest BCUT2D eigenvalue weighted by Gasteiger charge is 2.43. The summed E-state index contributed by atoms with van der Waals surface area (Å²) < 4.78 is 11.2. The van der Waals surface area contributed by atoms with Gasteiger partial charge in [-0.3, -0.25) is 9.59 Å². The molecule has 0 aromatic heterocycles. The molecule has 0 radical (unpaired) electrons. The van der Waals surface area contributed by atoms with Crippen LogP contribution in [0, 0.1) is 0 Å². The van der Waals surface area contributed by atoms with E-state index in [1.165, 1.54) is 4.90 Å². The Morgan fingerprint density at radius 3 is 1.83 bits per heavy atom. The lowest BCUT2D eigenvalue weighted by molar-refractivity contribution is -0.159. The number of thioether (sulfide) groups is 1.